The number of aryl methyl sites for hydroxylation is 2. The maximum atomic E-state index is 10.00. The first kappa shape index (κ1) is 39.3. The Morgan fingerprint density at radius 1 is 0.680 bits per heavy atom. The molecule has 0 bridgehead atoms. The summed E-state index contributed by atoms with van der Waals surface area (Å²) in [7, 11) is 0. The molecule has 2 saturated heterocycles. The van der Waals surface area contributed by atoms with Crippen LogP contribution >= 0.6 is 0 Å². The van der Waals surface area contributed by atoms with E-state index >= 15 is 0 Å². The first-order valence-corrected chi connectivity index (χ1v) is 18.6. The Balaban J connectivity index is 0.000000210. The first-order valence-electron chi connectivity index (χ1n) is 18.6. The molecule has 0 aliphatic carbocycles. The second kappa shape index (κ2) is 18.2. The summed E-state index contributed by atoms with van der Waals surface area (Å²) in [5.74, 6) is 1.93. The molecule has 2 aliphatic heterocycles. The van der Waals surface area contributed by atoms with Gasteiger partial charge >= 0.3 is 0 Å². The topological polar surface area (TPSA) is 54.5 Å². The van der Waals surface area contributed by atoms with Gasteiger partial charge in [-0.05, 0) is 83.5 Å². The molecule has 50 heavy (non-hydrogen) atoms. The standard InChI is InChI=1S/C25H36O.C19H22O2.C2H4O/c1-18(2)17-21-9-14-23(15-10-21)25(5,6)22-12-7-20(8-13-22)11-16-24(26)19(3)4;1-14-4-6-15(7-5-14)19(2,3)16-8-10-17(11-9-16)20-12-18-13-21-18;1-2-3-1/h7-10,12-15,18-19,24,26H,11,16-17H2,1-6H3;4-11,18H,12-13H2,1-3H3;1-2H2. The van der Waals surface area contributed by atoms with Crippen molar-refractivity contribution < 1.29 is 19.3 Å². The van der Waals surface area contributed by atoms with E-state index in [-0.39, 0.29) is 16.9 Å². The number of benzene rings is 4. The number of epoxide rings is 2. The van der Waals surface area contributed by atoms with Gasteiger partial charge in [0.15, 0.2) is 0 Å². The molecule has 4 nitrogen and oxygen atoms in total. The Hall–Kier alpha value is -3.44. The van der Waals surface area contributed by atoms with Gasteiger partial charge in [-0.15, -0.1) is 0 Å². The number of aliphatic hydroxyl groups excluding tert-OH is 1. The van der Waals surface area contributed by atoms with E-state index in [9.17, 15) is 5.11 Å². The van der Waals surface area contributed by atoms with Crippen molar-refractivity contribution >= 4 is 0 Å². The molecule has 2 heterocycles. The average molecular weight is 679 g/mol. The molecule has 4 aromatic rings. The Kier molecular flexibility index (Phi) is 14.3. The summed E-state index contributed by atoms with van der Waals surface area (Å²) < 4.78 is 15.3. The minimum Gasteiger partial charge on any atom is -0.491 e. The largest absolute Gasteiger partial charge is 0.491 e. The van der Waals surface area contributed by atoms with E-state index in [1.165, 1.54) is 38.9 Å². The molecular formula is C46H62O4. The molecule has 2 unspecified atom stereocenters. The molecule has 2 aliphatic rings. The van der Waals surface area contributed by atoms with Crippen LogP contribution in [0.1, 0.15) is 101 Å². The molecule has 0 amide bonds. The predicted molar refractivity (Wildman–Crippen MR) is 209 cm³/mol. The molecular weight excluding hydrogens is 617 g/mol. The number of ether oxygens (including phenoxy) is 3. The van der Waals surface area contributed by atoms with Gasteiger partial charge in [-0.1, -0.05) is 146 Å². The zero-order valence-corrected chi connectivity index (χ0v) is 32.2. The lowest BCUT2D eigenvalue weighted by molar-refractivity contribution is 0.116. The molecule has 2 atom stereocenters. The van der Waals surface area contributed by atoms with Gasteiger partial charge in [0.25, 0.3) is 0 Å². The molecule has 270 valence electrons. The van der Waals surface area contributed by atoms with Crippen LogP contribution in [-0.2, 0) is 33.1 Å². The number of aliphatic hydroxyl groups is 1. The summed E-state index contributed by atoms with van der Waals surface area (Å²) in [6.45, 7) is 23.4. The van der Waals surface area contributed by atoms with E-state index < -0.39 is 0 Å². The van der Waals surface area contributed by atoms with Crippen LogP contribution < -0.4 is 4.74 Å². The Labute approximate surface area is 303 Å². The van der Waals surface area contributed by atoms with Crippen LogP contribution in [0.3, 0.4) is 0 Å². The van der Waals surface area contributed by atoms with Crippen molar-refractivity contribution in [2.75, 3.05) is 26.4 Å². The summed E-state index contributed by atoms with van der Waals surface area (Å²) in [6, 6.07) is 35.2. The fraction of sp³-hybridized carbons (Fsp3) is 0.478. The van der Waals surface area contributed by atoms with Crippen molar-refractivity contribution in [3.63, 3.8) is 0 Å². The maximum Gasteiger partial charge on any atom is 0.119 e. The highest BCUT2D eigenvalue weighted by Crippen LogP contribution is 2.34. The van der Waals surface area contributed by atoms with Crippen molar-refractivity contribution in [3.8, 4) is 5.75 Å². The van der Waals surface area contributed by atoms with E-state index in [0.717, 1.165) is 44.8 Å². The van der Waals surface area contributed by atoms with Gasteiger partial charge in [0, 0.05) is 10.8 Å². The summed E-state index contributed by atoms with van der Waals surface area (Å²) in [6.07, 6.45) is 2.99. The molecule has 0 saturated carbocycles. The minimum atomic E-state index is -0.213. The third-order valence-corrected chi connectivity index (χ3v) is 9.89. The monoisotopic (exact) mass is 678 g/mol. The number of hydrogen-bond donors (Lipinski definition) is 1. The van der Waals surface area contributed by atoms with E-state index in [1.807, 2.05) is 12.1 Å². The van der Waals surface area contributed by atoms with Crippen LogP contribution in [0.4, 0.5) is 0 Å². The highest BCUT2D eigenvalue weighted by molar-refractivity contribution is 5.41. The van der Waals surface area contributed by atoms with E-state index in [4.69, 9.17) is 9.47 Å². The SMILES string of the molecule is C1CO1.CC(C)Cc1ccc(C(C)(C)c2ccc(CCC(O)C(C)C)cc2)cc1.Cc1ccc(C(C)(C)c2ccc(OCC3CO3)cc2)cc1. The van der Waals surface area contributed by atoms with Crippen LogP contribution in [0, 0.1) is 18.8 Å². The van der Waals surface area contributed by atoms with Crippen LogP contribution in [-0.4, -0.2) is 43.7 Å². The van der Waals surface area contributed by atoms with Crippen molar-refractivity contribution in [1.29, 1.82) is 0 Å². The molecule has 2 fully saturated rings. The highest BCUT2D eigenvalue weighted by atomic mass is 16.6. The molecule has 0 spiro atoms. The Bertz CT molecular complexity index is 1540. The zero-order valence-electron chi connectivity index (χ0n) is 32.2. The summed E-state index contributed by atoms with van der Waals surface area (Å²) in [5, 5.41) is 10.00. The zero-order chi connectivity index (χ0) is 36.3. The van der Waals surface area contributed by atoms with Gasteiger partial charge in [-0.3, -0.25) is 0 Å². The van der Waals surface area contributed by atoms with Gasteiger partial charge in [-0.2, -0.15) is 0 Å². The fourth-order valence-electron chi connectivity index (χ4n) is 5.89. The molecule has 4 heteroatoms. The van der Waals surface area contributed by atoms with Crippen LogP contribution in [0.25, 0.3) is 0 Å². The van der Waals surface area contributed by atoms with Gasteiger partial charge in [-0.25, -0.2) is 0 Å². The summed E-state index contributed by atoms with van der Waals surface area (Å²) >= 11 is 0. The normalized spacial score (nSPS) is 15.8. The Morgan fingerprint density at radius 2 is 1.10 bits per heavy atom. The molecule has 4 aromatic carbocycles. The Morgan fingerprint density at radius 3 is 1.50 bits per heavy atom. The summed E-state index contributed by atoms with van der Waals surface area (Å²) in [4.78, 5) is 0. The highest BCUT2D eigenvalue weighted by Gasteiger charge is 2.25. The molecule has 6 rings (SSSR count). The number of rotatable bonds is 13. The third kappa shape index (κ3) is 12.4. The van der Waals surface area contributed by atoms with Crippen molar-refractivity contribution in [3.05, 3.63) is 136 Å². The van der Waals surface area contributed by atoms with E-state index in [0.29, 0.717) is 24.5 Å². The molecule has 0 aromatic heterocycles. The van der Waals surface area contributed by atoms with E-state index in [2.05, 4.69) is 152 Å². The van der Waals surface area contributed by atoms with Gasteiger partial charge < -0.3 is 19.3 Å². The van der Waals surface area contributed by atoms with Crippen molar-refractivity contribution in [2.45, 2.75) is 105 Å². The van der Waals surface area contributed by atoms with Crippen LogP contribution in [0.5, 0.6) is 5.75 Å². The molecule has 0 radical (unpaired) electrons. The third-order valence-electron chi connectivity index (χ3n) is 9.89. The average Bonchev–Trinajstić information content (AvgIpc) is 4.02. The number of hydrogen-bond acceptors (Lipinski definition) is 4. The van der Waals surface area contributed by atoms with Gasteiger partial charge in [0.2, 0.25) is 0 Å². The lowest BCUT2D eigenvalue weighted by Crippen LogP contribution is -2.19. The second-order valence-corrected chi connectivity index (χ2v) is 15.9. The second-order valence-electron chi connectivity index (χ2n) is 15.9. The van der Waals surface area contributed by atoms with Crippen molar-refractivity contribution in [1.82, 2.24) is 0 Å². The van der Waals surface area contributed by atoms with Crippen LogP contribution in [0.15, 0.2) is 97.1 Å². The lowest BCUT2D eigenvalue weighted by atomic mass is 9.77. The predicted octanol–water partition coefficient (Wildman–Crippen LogP) is 10.3. The van der Waals surface area contributed by atoms with Crippen LogP contribution in [0.2, 0.25) is 0 Å². The van der Waals surface area contributed by atoms with Crippen molar-refractivity contribution in [2.24, 2.45) is 11.8 Å². The minimum absolute atomic E-state index is 0.00760. The molecule has 1 N–H and O–H groups in total. The lowest BCUT2D eigenvalue weighted by Gasteiger charge is -2.27. The summed E-state index contributed by atoms with van der Waals surface area (Å²) in [5.41, 5.74) is 9.30. The van der Waals surface area contributed by atoms with E-state index in [1.54, 1.807) is 0 Å². The first-order chi connectivity index (χ1) is 23.8. The smallest absolute Gasteiger partial charge is 0.119 e. The quantitative estimate of drug-likeness (QED) is 0.143. The van der Waals surface area contributed by atoms with Gasteiger partial charge in [0.05, 0.1) is 25.9 Å². The fourth-order valence-corrected chi connectivity index (χ4v) is 5.89. The van der Waals surface area contributed by atoms with Gasteiger partial charge in [0.1, 0.15) is 18.5 Å². The maximum absolute atomic E-state index is 10.00.